The number of aryl methyl sites for hydroxylation is 1. The third-order valence-electron chi connectivity index (χ3n) is 1.74. The van der Waals surface area contributed by atoms with Crippen LogP contribution in [0, 0.1) is 6.92 Å². The highest BCUT2D eigenvalue weighted by molar-refractivity contribution is 9.12. The average Bonchev–Trinajstić information content (AvgIpc) is 2.20. The Morgan fingerprint density at radius 3 is 2.50 bits per heavy atom. The van der Waals surface area contributed by atoms with Crippen molar-refractivity contribution in [2.24, 2.45) is 0 Å². The number of nitrogens with one attached hydrogen (secondary N) is 1. The van der Waals surface area contributed by atoms with Gasteiger partial charge in [-0.1, -0.05) is 49.6 Å². The molecule has 0 saturated heterocycles. The van der Waals surface area contributed by atoms with Crippen LogP contribution < -0.4 is 5.32 Å². The largest absolute Gasteiger partial charge is 0.325 e. The number of carbonyl (C=O) groups is 1. The standard InChI is InChI=1S/C10H11Br2NO/c1-7-2-4-8(5-3-7)13-10(14)9(12)6-11/h2-5,9H,6H2,1H3,(H,13,14). The highest BCUT2D eigenvalue weighted by Gasteiger charge is 2.12. The van der Waals surface area contributed by atoms with E-state index in [-0.39, 0.29) is 10.7 Å². The Bertz CT molecular complexity index is 310. The molecule has 0 aromatic heterocycles. The first-order valence-electron chi connectivity index (χ1n) is 4.21. The Labute approximate surface area is 100 Å². The lowest BCUT2D eigenvalue weighted by Crippen LogP contribution is -2.23. The fraction of sp³-hybridized carbons (Fsp3) is 0.300. The van der Waals surface area contributed by atoms with Crippen LogP contribution in [0.15, 0.2) is 24.3 Å². The number of hydrogen-bond donors (Lipinski definition) is 1. The summed E-state index contributed by atoms with van der Waals surface area (Å²) in [6, 6.07) is 7.71. The maximum absolute atomic E-state index is 11.4. The third kappa shape index (κ3) is 3.42. The van der Waals surface area contributed by atoms with Gasteiger partial charge in [0, 0.05) is 11.0 Å². The molecule has 0 fully saturated rings. The third-order valence-corrected chi connectivity index (χ3v) is 3.99. The number of amides is 1. The first-order chi connectivity index (χ1) is 6.63. The van der Waals surface area contributed by atoms with Crippen molar-refractivity contribution < 1.29 is 4.79 Å². The zero-order chi connectivity index (χ0) is 10.6. The normalized spacial score (nSPS) is 12.2. The number of halogens is 2. The maximum Gasteiger partial charge on any atom is 0.239 e. The van der Waals surface area contributed by atoms with Crippen LogP contribution in [0.5, 0.6) is 0 Å². The minimum absolute atomic E-state index is 0.0364. The molecular weight excluding hydrogens is 310 g/mol. The van der Waals surface area contributed by atoms with Crippen LogP contribution in [0.4, 0.5) is 5.69 Å². The summed E-state index contributed by atoms with van der Waals surface area (Å²) in [6.45, 7) is 2.01. The Hall–Kier alpha value is -0.350. The van der Waals surface area contributed by atoms with Crippen molar-refractivity contribution >= 4 is 43.5 Å². The van der Waals surface area contributed by atoms with Crippen LogP contribution in [0.2, 0.25) is 0 Å². The van der Waals surface area contributed by atoms with Crippen molar-refractivity contribution in [1.82, 2.24) is 0 Å². The summed E-state index contributed by atoms with van der Waals surface area (Å²) in [5, 5.41) is 3.41. The number of anilines is 1. The molecule has 0 spiro atoms. The number of hydrogen-bond acceptors (Lipinski definition) is 1. The molecule has 1 amide bonds. The smallest absolute Gasteiger partial charge is 0.239 e. The van der Waals surface area contributed by atoms with Gasteiger partial charge in [0.1, 0.15) is 4.83 Å². The molecule has 0 aliphatic rings. The predicted octanol–water partition coefficient (Wildman–Crippen LogP) is 3.09. The summed E-state index contributed by atoms with van der Waals surface area (Å²) >= 11 is 6.49. The van der Waals surface area contributed by atoms with Crippen LogP contribution in [-0.4, -0.2) is 16.1 Å². The van der Waals surface area contributed by atoms with Gasteiger partial charge in [0.15, 0.2) is 0 Å². The van der Waals surface area contributed by atoms with Crippen molar-refractivity contribution in [2.75, 3.05) is 10.6 Å². The van der Waals surface area contributed by atoms with E-state index in [0.29, 0.717) is 5.33 Å². The molecule has 0 saturated carbocycles. The van der Waals surface area contributed by atoms with Crippen molar-refractivity contribution in [3.8, 4) is 0 Å². The summed E-state index contributed by atoms with van der Waals surface area (Å²) < 4.78 is 0. The van der Waals surface area contributed by atoms with E-state index in [4.69, 9.17) is 0 Å². The second kappa shape index (κ2) is 5.51. The van der Waals surface area contributed by atoms with Gasteiger partial charge < -0.3 is 5.32 Å². The minimum Gasteiger partial charge on any atom is -0.325 e. The van der Waals surface area contributed by atoms with Crippen LogP contribution in [0.1, 0.15) is 5.56 Å². The van der Waals surface area contributed by atoms with Crippen molar-refractivity contribution in [3.63, 3.8) is 0 Å². The number of carbonyl (C=O) groups excluding carboxylic acids is 1. The van der Waals surface area contributed by atoms with Gasteiger partial charge in [-0.3, -0.25) is 4.79 Å². The van der Waals surface area contributed by atoms with Gasteiger partial charge in [-0.25, -0.2) is 0 Å². The molecule has 0 radical (unpaired) electrons. The summed E-state index contributed by atoms with van der Waals surface area (Å²) in [4.78, 5) is 11.2. The monoisotopic (exact) mass is 319 g/mol. The van der Waals surface area contributed by atoms with Gasteiger partial charge in [0.25, 0.3) is 0 Å². The lowest BCUT2D eigenvalue weighted by Gasteiger charge is -2.07. The molecule has 1 aromatic rings. The van der Waals surface area contributed by atoms with Gasteiger partial charge in [-0.15, -0.1) is 0 Å². The molecule has 4 heteroatoms. The minimum atomic E-state index is -0.191. The van der Waals surface area contributed by atoms with E-state index < -0.39 is 0 Å². The average molecular weight is 321 g/mol. The Balaban J connectivity index is 2.60. The topological polar surface area (TPSA) is 29.1 Å². The molecule has 1 rings (SSSR count). The molecule has 0 aliphatic heterocycles. The zero-order valence-corrected chi connectivity index (χ0v) is 10.9. The molecule has 1 atom stereocenters. The fourth-order valence-electron chi connectivity index (χ4n) is 0.928. The molecule has 0 bridgehead atoms. The van der Waals surface area contributed by atoms with Crippen molar-refractivity contribution in [3.05, 3.63) is 29.8 Å². The van der Waals surface area contributed by atoms with E-state index in [1.54, 1.807) is 0 Å². The van der Waals surface area contributed by atoms with Crippen LogP contribution >= 0.6 is 31.9 Å². The van der Waals surface area contributed by atoms with Crippen LogP contribution in [-0.2, 0) is 4.79 Å². The number of alkyl halides is 2. The van der Waals surface area contributed by atoms with Gasteiger partial charge in [-0.2, -0.15) is 0 Å². The van der Waals surface area contributed by atoms with E-state index in [0.717, 1.165) is 5.69 Å². The number of rotatable bonds is 3. The second-order valence-corrected chi connectivity index (χ2v) is 4.73. The van der Waals surface area contributed by atoms with E-state index >= 15 is 0 Å². The Morgan fingerprint density at radius 2 is 2.00 bits per heavy atom. The summed E-state index contributed by atoms with van der Waals surface area (Å²) in [6.07, 6.45) is 0. The Kier molecular flexibility index (Phi) is 4.62. The highest BCUT2D eigenvalue weighted by Crippen LogP contribution is 2.11. The molecule has 1 N–H and O–H groups in total. The van der Waals surface area contributed by atoms with Gasteiger partial charge in [0.05, 0.1) is 0 Å². The first kappa shape index (κ1) is 11.7. The summed E-state index contributed by atoms with van der Waals surface area (Å²) in [5.74, 6) is -0.0364. The van der Waals surface area contributed by atoms with E-state index in [9.17, 15) is 4.79 Å². The summed E-state index contributed by atoms with van der Waals surface area (Å²) in [5.41, 5.74) is 2.00. The zero-order valence-electron chi connectivity index (χ0n) is 7.76. The van der Waals surface area contributed by atoms with E-state index in [2.05, 4.69) is 37.2 Å². The predicted molar refractivity (Wildman–Crippen MR) is 66.3 cm³/mol. The number of benzene rings is 1. The van der Waals surface area contributed by atoms with Crippen LogP contribution in [0.25, 0.3) is 0 Å². The maximum atomic E-state index is 11.4. The Morgan fingerprint density at radius 1 is 1.43 bits per heavy atom. The van der Waals surface area contributed by atoms with Crippen molar-refractivity contribution in [2.45, 2.75) is 11.8 Å². The molecule has 2 nitrogen and oxygen atoms in total. The lowest BCUT2D eigenvalue weighted by atomic mass is 10.2. The van der Waals surface area contributed by atoms with Crippen LogP contribution in [0.3, 0.4) is 0 Å². The quantitative estimate of drug-likeness (QED) is 0.852. The molecule has 1 unspecified atom stereocenters. The fourth-order valence-corrected chi connectivity index (χ4v) is 1.34. The molecule has 0 heterocycles. The molecule has 14 heavy (non-hydrogen) atoms. The second-order valence-electron chi connectivity index (χ2n) is 2.98. The SMILES string of the molecule is Cc1ccc(NC(=O)C(Br)CBr)cc1. The molecule has 76 valence electrons. The van der Waals surface area contributed by atoms with Gasteiger partial charge >= 0.3 is 0 Å². The van der Waals surface area contributed by atoms with E-state index in [1.807, 2.05) is 31.2 Å². The van der Waals surface area contributed by atoms with Crippen molar-refractivity contribution in [1.29, 1.82) is 0 Å². The first-order valence-corrected chi connectivity index (χ1v) is 6.25. The highest BCUT2D eigenvalue weighted by atomic mass is 79.9. The molecule has 0 aliphatic carbocycles. The van der Waals surface area contributed by atoms with Gasteiger partial charge in [0.2, 0.25) is 5.91 Å². The lowest BCUT2D eigenvalue weighted by molar-refractivity contribution is -0.115. The van der Waals surface area contributed by atoms with E-state index in [1.165, 1.54) is 5.56 Å². The van der Waals surface area contributed by atoms with Gasteiger partial charge in [-0.05, 0) is 19.1 Å². The molecule has 1 aromatic carbocycles. The summed E-state index contributed by atoms with van der Waals surface area (Å²) in [7, 11) is 0. The molecular formula is C10H11Br2NO.